The van der Waals surface area contributed by atoms with E-state index in [4.69, 9.17) is 4.74 Å². The largest absolute Gasteiger partial charge is 0.479 e. The maximum Gasteiger partial charge on any atom is 0.330 e. The Morgan fingerprint density at radius 1 is 0.976 bits per heavy atom. The van der Waals surface area contributed by atoms with Crippen molar-refractivity contribution in [1.29, 1.82) is 0 Å². The highest BCUT2D eigenvalue weighted by molar-refractivity contribution is 5.92. The number of ketones is 2. The van der Waals surface area contributed by atoms with Crippen molar-refractivity contribution in [2.45, 2.75) is 89.7 Å². The van der Waals surface area contributed by atoms with Crippen LogP contribution in [0.15, 0.2) is 42.0 Å². The molecule has 4 aliphatic carbocycles. The van der Waals surface area contributed by atoms with Gasteiger partial charge in [0.2, 0.25) is 11.7 Å². The van der Waals surface area contributed by atoms with Crippen molar-refractivity contribution in [3.8, 4) is 0 Å². The predicted molar refractivity (Wildman–Crippen MR) is 152 cm³/mol. The molecule has 0 heterocycles. The number of nitrogens with one attached hydrogen (secondary N) is 1. The van der Waals surface area contributed by atoms with Crippen molar-refractivity contribution in [1.82, 2.24) is 5.32 Å². The summed E-state index contributed by atoms with van der Waals surface area (Å²) in [7, 11) is 0. The van der Waals surface area contributed by atoms with E-state index < -0.39 is 47.3 Å². The second kappa shape index (κ2) is 11.4. The average molecular weight is 580 g/mol. The van der Waals surface area contributed by atoms with Crippen LogP contribution in [0.4, 0.5) is 0 Å². The zero-order valence-electron chi connectivity index (χ0n) is 24.4. The molecule has 1 aromatic carbocycles. The molecule has 42 heavy (non-hydrogen) atoms. The SMILES string of the molecule is CC12CCC(=O)C=C1CCC1C2CCC2(C)C1CCC2(O)C(=O)COC(=O)CCC(=O)NC(C(=O)O)c1ccccc1. The van der Waals surface area contributed by atoms with Crippen LogP contribution in [0, 0.1) is 28.6 Å². The molecule has 7 unspecified atom stereocenters. The number of aliphatic carboxylic acids is 1. The summed E-state index contributed by atoms with van der Waals surface area (Å²) in [6.07, 6.45) is 7.15. The van der Waals surface area contributed by atoms with Gasteiger partial charge in [-0.1, -0.05) is 49.8 Å². The summed E-state index contributed by atoms with van der Waals surface area (Å²) in [6.45, 7) is 3.73. The zero-order valence-corrected chi connectivity index (χ0v) is 24.4. The van der Waals surface area contributed by atoms with Crippen LogP contribution in [-0.2, 0) is 28.7 Å². The van der Waals surface area contributed by atoms with E-state index >= 15 is 0 Å². The smallest absolute Gasteiger partial charge is 0.330 e. The van der Waals surface area contributed by atoms with E-state index in [-0.39, 0.29) is 30.0 Å². The highest BCUT2D eigenvalue weighted by atomic mass is 16.5. The van der Waals surface area contributed by atoms with E-state index in [0.29, 0.717) is 36.7 Å². The number of hydrogen-bond donors (Lipinski definition) is 3. The van der Waals surface area contributed by atoms with Crippen molar-refractivity contribution < 1.29 is 38.9 Å². The van der Waals surface area contributed by atoms with Crippen molar-refractivity contribution in [2.75, 3.05) is 6.61 Å². The highest BCUT2D eigenvalue weighted by Crippen LogP contribution is 2.67. The number of allylic oxidation sites excluding steroid dienone is 1. The second-order valence-electron chi connectivity index (χ2n) is 13.2. The first-order valence-electron chi connectivity index (χ1n) is 15.1. The number of benzene rings is 1. The Hall–Kier alpha value is -3.33. The zero-order chi connectivity index (χ0) is 30.3. The van der Waals surface area contributed by atoms with Crippen LogP contribution in [0.2, 0.25) is 0 Å². The van der Waals surface area contributed by atoms with Gasteiger partial charge in [0.25, 0.3) is 0 Å². The number of carbonyl (C=O) groups excluding carboxylic acids is 4. The van der Waals surface area contributed by atoms with Gasteiger partial charge in [0.15, 0.2) is 18.4 Å². The van der Waals surface area contributed by atoms with E-state index in [0.717, 1.165) is 32.1 Å². The van der Waals surface area contributed by atoms with Crippen molar-refractivity contribution in [2.24, 2.45) is 28.6 Å². The van der Waals surface area contributed by atoms with E-state index in [2.05, 4.69) is 12.2 Å². The molecule has 0 radical (unpaired) electrons. The van der Waals surface area contributed by atoms with Gasteiger partial charge in [0, 0.05) is 18.3 Å². The van der Waals surface area contributed by atoms with Gasteiger partial charge < -0.3 is 20.3 Å². The normalized spacial score (nSPS) is 34.2. The first-order chi connectivity index (χ1) is 19.9. The lowest BCUT2D eigenvalue weighted by molar-refractivity contribution is -0.170. The van der Waals surface area contributed by atoms with Gasteiger partial charge in [-0.3, -0.25) is 19.2 Å². The fourth-order valence-corrected chi connectivity index (χ4v) is 8.75. The van der Waals surface area contributed by atoms with E-state index in [1.165, 1.54) is 5.57 Å². The minimum absolute atomic E-state index is 0.00370. The first-order valence-corrected chi connectivity index (χ1v) is 15.1. The molecule has 1 aromatic rings. The van der Waals surface area contributed by atoms with Crippen LogP contribution < -0.4 is 5.32 Å². The van der Waals surface area contributed by atoms with Gasteiger partial charge in [0.05, 0.1) is 6.42 Å². The summed E-state index contributed by atoms with van der Waals surface area (Å²) in [6, 6.07) is 7.00. The second-order valence-corrected chi connectivity index (χ2v) is 13.2. The molecule has 3 N–H and O–H groups in total. The van der Waals surface area contributed by atoms with Gasteiger partial charge in [0.1, 0.15) is 5.60 Å². The minimum atomic E-state index is -1.59. The van der Waals surface area contributed by atoms with Crippen molar-refractivity contribution >= 4 is 29.4 Å². The van der Waals surface area contributed by atoms with Gasteiger partial charge in [-0.15, -0.1) is 0 Å². The number of esters is 1. The van der Waals surface area contributed by atoms with Gasteiger partial charge in [-0.25, -0.2) is 4.79 Å². The summed E-state index contributed by atoms with van der Waals surface area (Å²) in [5.74, 6) is -1.94. The Bertz CT molecular complexity index is 1310. The molecule has 0 spiro atoms. The minimum Gasteiger partial charge on any atom is -0.479 e. The number of aliphatic hydroxyl groups is 1. The van der Waals surface area contributed by atoms with Crippen LogP contribution in [0.25, 0.3) is 0 Å². The Balaban J connectivity index is 1.16. The predicted octanol–water partition coefficient (Wildman–Crippen LogP) is 4.08. The quantitative estimate of drug-likeness (QED) is 0.371. The molecular formula is C33H41NO8. The topological polar surface area (TPSA) is 147 Å². The molecule has 0 bridgehead atoms. The van der Waals surface area contributed by atoms with Crippen LogP contribution >= 0.6 is 0 Å². The van der Waals surface area contributed by atoms with Crippen LogP contribution in [0.1, 0.15) is 89.7 Å². The summed E-state index contributed by atoms with van der Waals surface area (Å²) in [4.78, 5) is 61.9. The lowest BCUT2D eigenvalue weighted by Gasteiger charge is -2.58. The third-order valence-corrected chi connectivity index (χ3v) is 11.2. The third-order valence-electron chi connectivity index (χ3n) is 11.2. The fourth-order valence-electron chi connectivity index (χ4n) is 8.75. The van der Waals surface area contributed by atoms with Crippen molar-refractivity contribution in [3.63, 3.8) is 0 Å². The number of Topliss-reactive ketones (excluding diaryl/α,β-unsaturated/α-hetero) is 1. The number of amides is 1. The molecule has 9 heteroatoms. The molecule has 7 atom stereocenters. The summed E-state index contributed by atoms with van der Waals surface area (Å²) >= 11 is 0. The Labute approximate surface area is 246 Å². The highest BCUT2D eigenvalue weighted by Gasteiger charge is 2.66. The molecular weight excluding hydrogens is 538 g/mol. The van der Waals surface area contributed by atoms with Crippen LogP contribution in [-0.4, -0.2) is 51.8 Å². The number of carboxylic acids is 1. The first kappa shape index (κ1) is 30.1. The molecule has 0 aromatic heterocycles. The average Bonchev–Trinajstić information content (AvgIpc) is 3.25. The van der Waals surface area contributed by atoms with E-state index in [9.17, 15) is 34.2 Å². The monoisotopic (exact) mass is 579 g/mol. The van der Waals surface area contributed by atoms with E-state index in [1.54, 1.807) is 30.3 Å². The number of fused-ring (bicyclic) bond motifs is 5. The Morgan fingerprint density at radius 3 is 2.40 bits per heavy atom. The summed E-state index contributed by atoms with van der Waals surface area (Å²) < 4.78 is 5.21. The third kappa shape index (κ3) is 5.21. The maximum atomic E-state index is 13.4. The number of carboxylic acid groups (broad SMARTS) is 1. The lowest BCUT2D eigenvalue weighted by Crippen LogP contribution is -2.58. The molecule has 9 nitrogen and oxygen atoms in total. The number of ether oxygens (including phenoxy) is 1. The molecule has 226 valence electrons. The number of hydrogen-bond acceptors (Lipinski definition) is 7. The Kier molecular flexibility index (Phi) is 8.18. The summed E-state index contributed by atoms with van der Waals surface area (Å²) in [5, 5.41) is 23.7. The molecule has 0 aliphatic heterocycles. The van der Waals surface area contributed by atoms with Gasteiger partial charge >= 0.3 is 11.9 Å². The number of rotatable bonds is 9. The van der Waals surface area contributed by atoms with Crippen LogP contribution in [0.5, 0.6) is 0 Å². The lowest BCUT2D eigenvalue weighted by atomic mass is 9.46. The van der Waals surface area contributed by atoms with Gasteiger partial charge in [-0.2, -0.15) is 0 Å². The van der Waals surface area contributed by atoms with Crippen molar-refractivity contribution in [3.05, 3.63) is 47.5 Å². The van der Waals surface area contributed by atoms with Gasteiger partial charge in [-0.05, 0) is 79.8 Å². The number of carbonyl (C=O) groups is 5. The summed E-state index contributed by atoms with van der Waals surface area (Å²) in [5.41, 5.74) is -0.541. The standard InChI is InChI=1S/C33H41NO8/c1-31-15-12-22(35)18-21(31)8-9-23-24(31)13-16-32(2)25(23)14-17-33(32,41)26(36)19-42-28(38)11-10-27(37)34-29(30(39)40)20-6-4-3-5-7-20/h3-7,18,23-25,29,41H,8-17,19H2,1-2H3,(H,34,37)(H,39,40). The molecule has 1 amide bonds. The molecule has 0 saturated heterocycles. The fraction of sp³-hybridized carbons (Fsp3) is 0.606. The van der Waals surface area contributed by atoms with E-state index in [1.807, 2.05) is 13.0 Å². The molecule has 4 aliphatic rings. The molecule has 3 saturated carbocycles. The Morgan fingerprint density at radius 2 is 1.69 bits per heavy atom. The van der Waals surface area contributed by atoms with Crippen LogP contribution in [0.3, 0.4) is 0 Å². The molecule has 5 rings (SSSR count). The maximum absolute atomic E-state index is 13.4. The molecule has 3 fully saturated rings.